The summed E-state index contributed by atoms with van der Waals surface area (Å²) in [5.41, 5.74) is 3.46. The molecule has 34 heavy (non-hydrogen) atoms. The number of aryl methyl sites for hydroxylation is 2. The van der Waals surface area contributed by atoms with Crippen LogP contribution in [0.25, 0.3) is 21.9 Å². The summed E-state index contributed by atoms with van der Waals surface area (Å²) in [4.78, 5) is 31.2. The number of aromatic nitrogens is 4. The second-order valence-corrected chi connectivity index (χ2v) is 9.09. The Balaban J connectivity index is 1.50. The van der Waals surface area contributed by atoms with Crippen LogP contribution < -0.4 is 10.9 Å². The smallest absolute Gasteiger partial charge is 0.268 e. The van der Waals surface area contributed by atoms with Crippen molar-refractivity contribution in [3.63, 3.8) is 0 Å². The van der Waals surface area contributed by atoms with Crippen LogP contribution in [0.2, 0.25) is 5.02 Å². The van der Waals surface area contributed by atoms with E-state index in [4.69, 9.17) is 16.0 Å². The first-order valence-electron chi connectivity index (χ1n) is 10.5. The molecule has 0 aliphatic carbocycles. The fourth-order valence-electron chi connectivity index (χ4n) is 3.82. The van der Waals surface area contributed by atoms with Gasteiger partial charge in [0.2, 0.25) is 5.91 Å². The highest BCUT2D eigenvalue weighted by molar-refractivity contribution is 7.15. The Kier molecular flexibility index (Phi) is 5.80. The van der Waals surface area contributed by atoms with E-state index < -0.39 is 0 Å². The van der Waals surface area contributed by atoms with Crippen LogP contribution in [0.4, 0.5) is 0 Å². The van der Waals surface area contributed by atoms with Gasteiger partial charge in [0.15, 0.2) is 4.96 Å². The maximum Gasteiger partial charge on any atom is 0.268 e. The second kappa shape index (κ2) is 8.92. The van der Waals surface area contributed by atoms with Crippen LogP contribution in [0, 0.1) is 13.8 Å². The van der Waals surface area contributed by atoms with Crippen molar-refractivity contribution in [3.8, 4) is 16.9 Å². The number of benzene rings is 1. The van der Waals surface area contributed by atoms with Gasteiger partial charge in [0, 0.05) is 21.8 Å². The molecule has 4 heterocycles. The molecule has 0 saturated carbocycles. The van der Waals surface area contributed by atoms with Crippen LogP contribution in [0.3, 0.4) is 0 Å². The standard InChI is InChI=1S/C24H20ClN5O3S/c1-14-9-20(28-30(14)17-6-3-5-16(25)10-17)22-15(2)27-24-29(23(22)32)18(13-34-24)11-21(31)26-12-19-7-4-8-33-19/h3-10,13H,11-12H2,1-2H3,(H,26,31). The summed E-state index contributed by atoms with van der Waals surface area (Å²) in [5, 5.41) is 9.87. The van der Waals surface area contributed by atoms with E-state index in [1.54, 1.807) is 41.4 Å². The van der Waals surface area contributed by atoms with Gasteiger partial charge >= 0.3 is 0 Å². The first-order valence-corrected chi connectivity index (χ1v) is 11.8. The first-order chi connectivity index (χ1) is 16.4. The van der Waals surface area contributed by atoms with E-state index in [1.165, 1.54) is 15.7 Å². The molecule has 8 nitrogen and oxygen atoms in total. The Labute approximate surface area is 203 Å². The van der Waals surface area contributed by atoms with Crippen LogP contribution in [0.1, 0.15) is 22.8 Å². The van der Waals surface area contributed by atoms with Crippen molar-refractivity contribution in [1.82, 2.24) is 24.5 Å². The number of furan rings is 1. The summed E-state index contributed by atoms with van der Waals surface area (Å²) in [6, 6.07) is 12.7. The number of thiazole rings is 1. The third-order valence-corrected chi connectivity index (χ3v) is 6.51. The van der Waals surface area contributed by atoms with E-state index in [0.29, 0.717) is 38.4 Å². The largest absolute Gasteiger partial charge is 0.467 e. The van der Waals surface area contributed by atoms with Gasteiger partial charge in [0.05, 0.1) is 36.2 Å². The Morgan fingerprint density at radius 3 is 2.82 bits per heavy atom. The van der Waals surface area contributed by atoms with Gasteiger partial charge in [0.1, 0.15) is 11.5 Å². The molecule has 0 fully saturated rings. The minimum absolute atomic E-state index is 0.0424. The average molecular weight is 494 g/mol. The lowest BCUT2D eigenvalue weighted by atomic mass is 10.1. The number of carbonyl (C=O) groups is 1. The highest BCUT2D eigenvalue weighted by atomic mass is 35.5. The fraction of sp³-hybridized carbons (Fsp3) is 0.167. The predicted octanol–water partition coefficient (Wildman–Crippen LogP) is 4.33. The molecule has 5 rings (SSSR count). The number of carbonyl (C=O) groups excluding carboxylic acids is 1. The maximum atomic E-state index is 13.6. The summed E-state index contributed by atoms with van der Waals surface area (Å²) in [6.07, 6.45) is 1.60. The van der Waals surface area contributed by atoms with Crippen molar-refractivity contribution in [2.45, 2.75) is 26.8 Å². The van der Waals surface area contributed by atoms with Gasteiger partial charge in [-0.15, -0.1) is 11.3 Å². The van der Waals surface area contributed by atoms with E-state index in [9.17, 15) is 9.59 Å². The van der Waals surface area contributed by atoms with E-state index in [0.717, 1.165) is 11.4 Å². The third kappa shape index (κ3) is 4.15. The quantitative estimate of drug-likeness (QED) is 0.380. The summed E-state index contributed by atoms with van der Waals surface area (Å²) in [6.45, 7) is 3.99. The molecule has 0 radical (unpaired) electrons. The topological polar surface area (TPSA) is 94.4 Å². The van der Waals surface area contributed by atoms with Gasteiger partial charge in [-0.25, -0.2) is 9.67 Å². The Hall–Kier alpha value is -3.69. The molecule has 1 aromatic carbocycles. The van der Waals surface area contributed by atoms with E-state index >= 15 is 0 Å². The van der Waals surface area contributed by atoms with Crippen LogP contribution in [0.15, 0.2) is 63.3 Å². The minimum Gasteiger partial charge on any atom is -0.467 e. The van der Waals surface area contributed by atoms with Gasteiger partial charge in [0.25, 0.3) is 5.56 Å². The molecule has 0 unspecified atom stereocenters. The van der Waals surface area contributed by atoms with Crippen LogP contribution >= 0.6 is 22.9 Å². The molecule has 0 aliphatic heterocycles. The lowest BCUT2D eigenvalue weighted by molar-refractivity contribution is -0.120. The molecule has 4 aromatic heterocycles. The lowest BCUT2D eigenvalue weighted by Crippen LogP contribution is -2.27. The normalized spacial score (nSPS) is 11.3. The summed E-state index contributed by atoms with van der Waals surface area (Å²) >= 11 is 7.47. The Morgan fingerprint density at radius 2 is 2.06 bits per heavy atom. The van der Waals surface area contributed by atoms with Crippen LogP contribution in [-0.2, 0) is 17.8 Å². The molecular formula is C24H20ClN5O3S. The summed E-state index contributed by atoms with van der Waals surface area (Å²) < 4.78 is 8.48. The molecule has 1 N–H and O–H groups in total. The molecule has 5 aromatic rings. The van der Waals surface area contributed by atoms with E-state index in [-0.39, 0.29) is 24.4 Å². The van der Waals surface area contributed by atoms with Gasteiger partial charge < -0.3 is 9.73 Å². The summed E-state index contributed by atoms with van der Waals surface area (Å²) in [5.74, 6) is 0.442. The highest BCUT2D eigenvalue weighted by Gasteiger charge is 2.20. The molecular weight excluding hydrogens is 474 g/mol. The number of nitrogens with one attached hydrogen (secondary N) is 1. The van der Waals surface area contributed by atoms with Crippen molar-refractivity contribution >= 4 is 33.8 Å². The molecule has 1 amide bonds. The molecule has 0 saturated heterocycles. The minimum atomic E-state index is -0.256. The van der Waals surface area contributed by atoms with Crippen molar-refractivity contribution in [3.05, 3.63) is 92.3 Å². The van der Waals surface area contributed by atoms with E-state index in [2.05, 4.69) is 15.4 Å². The first kappa shape index (κ1) is 22.1. The maximum absolute atomic E-state index is 13.6. The zero-order valence-corrected chi connectivity index (χ0v) is 20.0. The summed E-state index contributed by atoms with van der Waals surface area (Å²) in [7, 11) is 0. The Morgan fingerprint density at radius 1 is 1.21 bits per heavy atom. The molecule has 10 heteroatoms. The van der Waals surface area contributed by atoms with Crippen molar-refractivity contribution in [2.24, 2.45) is 0 Å². The van der Waals surface area contributed by atoms with Crippen molar-refractivity contribution < 1.29 is 9.21 Å². The number of halogens is 1. The molecule has 0 aliphatic rings. The third-order valence-electron chi connectivity index (χ3n) is 5.40. The van der Waals surface area contributed by atoms with Gasteiger partial charge in [-0.1, -0.05) is 17.7 Å². The molecule has 172 valence electrons. The van der Waals surface area contributed by atoms with E-state index in [1.807, 2.05) is 31.2 Å². The number of hydrogen-bond acceptors (Lipinski definition) is 6. The van der Waals surface area contributed by atoms with Gasteiger partial charge in [-0.3, -0.25) is 14.0 Å². The molecule has 0 spiro atoms. The molecule has 0 atom stereocenters. The highest BCUT2D eigenvalue weighted by Crippen LogP contribution is 2.24. The number of hydrogen-bond donors (Lipinski definition) is 1. The molecule has 0 bridgehead atoms. The fourth-order valence-corrected chi connectivity index (χ4v) is 4.93. The van der Waals surface area contributed by atoms with Crippen molar-refractivity contribution in [1.29, 1.82) is 0 Å². The number of fused-ring (bicyclic) bond motifs is 1. The monoisotopic (exact) mass is 493 g/mol. The number of amides is 1. The van der Waals surface area contributed by atoms with Crippen LogP contribution in [0.5, 0.6) is 0 Å². The van der Waals surface area contributed by atoms with Gasteiger partial charge in [-0.2, -0.15) is 5.10 Å². The zero-order chi connectivity index (χ0) is 23.8. The van der Waals surface area contributed by atoms with Gasteiger partial charge in [-0.05, 0) is 50.2 Å². The number of nitrogens with zero attached hydrogens (tertiary/aromatic N) is 4. The zero-order valence-electron chi connectivity index (χ0n) is 18.4. The van der Waals surface area contributed by atoms with Crippen molar-refractivity contribution in [2.75, 3.05) is 0 Å². The lowest BCUT2D eigenvalue weighted by Gasteiger charge is -2.07. The average Bonchev–Trinajstić information content (AvgIpc) is 3.53. The SMILES string of the molecule is Cc1nc2scc(CC(=O)NCc3ccco3)n2c(=O)c1-c1cc(C)n(-c2cccc(Cl)c2)n1. The second-order valence-electron chi connectivity index (χ2n) is 7.82. The number of rotatable bonds is 6. The van der Waals surface area contributed by atoms with Crippen LogP contribution in [-0.4, -0.2) is 25.1 Å². The predicted molar refractivity (Wildman–Crippen MR) is 131 cm³/mol. The Bertz CT molecular complexity index is 1570.